The lowest BCUT2D eigenvalue weighted by Gasteiger charge is -2.26. The van der Waals surface area contributed by atoms with E-state index in [1.54, 1.807) is 11.8 Å². The van der Waals surface area contributed by atoms with E-state index in [1.165, 1.54) is 32.4 Å². The van der Waals surface area contributed by atoms with Crippen LogP contribution in [0.5, 0.6) is 0 Å². The Kier molecular flexibility index (Phi) is 6.70. The van der Waals surface area contributed by atoms with Crippen molar-refractivity contribution in [1.29, 1.82) is 0 Å². The van der Waals surface area contributed by atoms with Crippen molar-refractivity contribution in [2.24, 2.45) is 5.16 Å². The summed E-state index contributed by atoms with van der Waals surface area (Å²) >= 11 is 7.69. The number of halogens is 1. The zero-order valence-electron chi connectivity index (χ0n) is 11.6. The number of likely N-dealkylation sites (tertiary alicyclic amines) is 1. The van der Waals surface area contributed by atoms with Gasteiger partial charge in [-0.05, 0) is 45.0 Å². The Morgan fingerprint density at radius 2 is 2.00 bits per heavy atom. The minimum absolute atomic E-state index is 0.606. The highest BCUT2D eigenvalue weighted by Gasteiger charge is 2.11. The number of oxime groups is 1. The molecule has 0 amide bonds. The molecule has 0 spiro atoms. The predicted octanol–water partition coefficient (Wildman–Crippen LogP) is 4.09. The third-order valence-electron chi connectivity index (χ3n) is 3.50. The zero-order valence-corrected chi connectivity index (χ0v) is 13.2. The van der Waals surface area contributed by atoms with E-state index in [4.69, 9.17) is 16.8 Å². The van der Waals surface area contributed by atoms with Gasteiger partial charge in [-0.15, -0.1) is 11.8 Å². The molecule has 1 saturated heterocycles. The topological polar surface area (TPSA) is 35.8 Å². The Hall–Kier alpha value is -0.710. The number of thioether (sulfide) groups is 1. The van der Waals surface area contributed by atoms with Gasteiger partial charge in [0.2, 0.25) is 0 Å². The minimum atomic E-state index is 0.606. The molecule has 3 nitrogen and oxygen atoms in total. The molecule has 0 saturated carbocycles. The van der Waals surface area contributed by atoms with Gasteiger partial charge in [0.15, 0.2) is 0 Å². The first kappa shape index (κ1) is 15.7. The van der Waals surface area contributed by atoms with Crippen molar-refractivity contribution >= 4 is 28.4 Å². The van der Waals surface area contributed by atoms with Gasteiger partial charge >= 0.3 is 0 Å². The van der Waals surface area contributed by atoms with E-state index in [-0.39, 0.29) is 0 Å². The van der Waals surface area contributed by atoms with Crippen molar-refractivity contribution in [1.82, 2.24) is 4.90 Å². The minimum Gasteiger partial charge on any atom is -0.410 e. The molecule has 1 aromatic carbocycles. The number of rotatable bonds is 5. The van der Waals surface area contributed by atoms with Crippen LogP contribution in [-0.2, 0) is 0 Å². The zero-order chi connectivity index (χ0) is 14.2. The fourth-order valence-corrected chi connectivity index (χ4v) is 3.57. The SMILES string of the molecule is O/N=C(/SCCCN1CCCCC1)c1ccccc1Cl. The molecule has 0 aromatic heterocycles. The highest BCUT2D eigenvalue weighted by atomic mass is 35.5. The summed E-state index contributed by atoms with van der Waals surface area (Å²) in [5, 5.41) is 13.8. The molecule has 1 aliphatic rings. The maximum Gasteiger partial charge on any atom is 0.144 e. The van der Waals surface area contributed by atoms with Crippen LogP contribution >= 0.6 is 23.4 Å². The molecule has 0 atom stereocenters. The van der Waals surface area contributed by atoms with Crippen LogP contribution < -0.4 is 0 Å². The summed E-state index contributed by atoms with van der Waals surface area (Å²) in [5.74, 6) is 0.946. The van der Waals surface area contributed by atoms with E-state index < -0.39 is 0 Å². The van der Waals surface area contributed by atoms with Gasteiger partial charge in [0.25, 0.3) is 0 Å². The quantitative estimate of drug-likeness (QED) is 0.292. The van der Waals surface area contributed by atoms with Gasteiger partial charge < -0.3 is 10.1 Å². The first-order chi connectivity index (χ1) is 9.81. The third kappa shape index (κ3) is 4.69. The Morgan fingerprint density at radius 3 is 2.70 bits per heavy atom. The summed E-state index contributed by atoms with van der Waals surface area (Å²) in [6, 6.07) is 7.48. The number of hydrogen-bond acceptors (Lipinski definition) is 4. The van der Waals surface area contributed by atoms with Crippen LogP contribution in [0, 0.1) is 0 Å². The Balaban J connectivity index is 1.76. The van der Waals surface area contributed by atoms with Crippen molar-refractivity contribution in [3.05, 3.63) is 34.9 Å². The van der Waals surface area contributed by atoms with Crippen LogP contribution in [0.2, 0.25) is 5.02 Å². The highest BCUT2D eigenvalue weighted by molar-refractivity contribution is 8.14. The lowest BCUT2D eigenvalue weighted by Crippen LogP contribution is -2.30. The van der Waals surface area contributed by atoms with E-state index in [0.717, 1.165) is 24.3 Å². The highest BCUT2D eigenvalue weighted by Crippen LogP contribution is 2.22. The number of nitrogens with zero attached hydrogens (tertiary/aromatic N) is 2. The van der Waals surface area contributed by atoms with Crippen LogP contribution in [0.4, 0.5) is 0 Å². The van der Waals surface area contributed by atoms with Crippen molar-refractivity contribution in [2.75, 3.05) is 25.4 Å². The summed E-state index contributed by atoms with van der Waals surface area (Å²) in [7, 11) is 0. The van der Waals surface area contributed by atoms with Crippen molar-refractivity contribution < 1.29 is 5.21 Å². The van der Waals surface area contributed by atoms with Gasteiger partial charge in [0.1, 0.15) is 5.04 Å². The number of piperidine rings is 1. The second-order valence-electron chi connectivity index (χ2n) is 4.99. The molecule has 0 bridgehead atoms. The van der Waals surface area contributed by atoms with E-state index in [1.807, 2.05) is 24.3 Å². The first-order valence-corrected chi connectivity index (χ1v) is 8.49. The number of hydrogen-bond donors (Lipinski definition) is 1. The maximum atomic E-state index is 9.15. The van der Waals surface area contributed by atoms with Crippen LogP contribution in [0.25, 0.3) is 0 Å². The normalized spacial score (nSPS) is 17.4. The molecule has 1 aliphatic heterocycles. The molecule has 20 heavy (non-hydrogen) atoms. The molecule has 5 heteroatoms. The summed E-state index contributed by atoms with van der Waals surface area (Å²) in [6.07, 6.45) is 5.14. The summed E-state index contributed by atoms with van der Waals surface area (Å²) in [4.78, 5) is 2.52. The van der Waals surface area contributed by atoms with Gasteiger partial charge in [-0.2, -0.15) is 0 Å². The first-order valence-electron chi connectivity index (χ1n) is 7.13. The second kappa shape index (κ2) is 8.55. The lowest BCUT2D eigenvalue weighted by atomic mass is 10.1. The van der Waals surface area contributed by atoms with Gasteiger partial charge in [0, 0.05) is 11.3 Å². The lowest BCUT2D eigenvalue weighted by molar-refractivity contribution is 0.230. The third-order valence-corrected chi connectivity index (χ3v) is 4.90. The standard InChI is InChI=1S/C15H21ClN2OS/c16-14-8-3-2-7-13(14)15(17-19)20-12-6-11-18-9-4-1-5-10-18/h2-3,7-8,19H,1,4-6,9-12H2/b17-15+. The van der Waals surface area contributed by atoms with Crippen LogP contribution in [0.1, 0.15) is 31.2 Å². The molecule has 1 N–H and O–H groups in total. The van der Waals surface area contributed by atoms with E-state index in [2.05, 4.69) is 10.1 Å². The fraction of sp³-hybridized carbons (Fsp3) is 0.533. The molecule has 110 valence electrons. The molecule has 0 unspecified atom stereocenters. The second-order valence-corrected chi connectivity index (χ2v) is 6.48. The van der Waals surface area contributed by atoms with Crippen molar-refractivity contribution in [3.8, 4) is 0 Å². The van der Waals surface area contributed by atoms with E-state index >= 15 is 0 Å². The molecule has 1 heterocycles. The largest absolute Gasteiger partial charge is 0.410 e. The summed E-state index contributed by atoms with van der Waals surface area (Å²) < 4.78 is 0. The smallest absolute Gasteiger partial charge is 0.144 e. The van der Waals surface area contributed by atoms with Gasteiger partial charge in [0.05, 0.1) is 5.02 Å². The predicted molar refractivity (Wildman–Crippen MR) is 87.1 cm³/mol. The molecule has 0 aliphatic carbocycles. The average Bonchev–Trinajstić information content (AvgIpc) is 2.50. The number of benzene rings is 1. The van der Waals surface area contributed by atoms with E-state index in [9.17, 15) is 0 Å². The van der Waals surface area contributed by atoms with E-state index in [0.29, 0.717) is 10.1 Å². The van der Waals surface area contributed by atoms with Crippen LogP contribution in [0.15, 0.2) is 29.4 Å². The Morgan fingerprint density at radius 1 is 1.25 bits per heavy atom. The van der Waals surface area contributed by atoms with Crippen LogP contribution in [0.3, 0.4) is 0 Å². The molecular formula is C15H21ClN2OS. The molecule has 1 fully saturated rings. The molecule has 2 rings (SSSR count). The summed E-state index contributed by atoms with van der Waals surface area (Å²) in [5.41, 5.74) is 0.805. The maximum absolute atomic E-state index is 9.15. The molecule has 1 aromatic rings. The van der Waals surface area contributed by atoms with Crippen molar-refractivity contribution in [2.45, 2.75) is 25.7 Å². The Labute approximate surface area is 130 Å². The fourth-order valence-electron chi connectivity index (χ4n) is 2.44. The Bertz CT molecular complexity index is 447. The molecular weight excluding hydrogens is 292 g/mol. The van der Waals surface area contributed by atoms with Crippen molar-refractivity contribution in [3.63, 3.8) is 0 Å². The van der Waals surface area contributed by atoms with Crippen LogP contribution in [-0.4, -0.2) is 40.5 Å². The monoisotopic (exact) mass is 312 g/mol. The summed E-state index contributed by atoms with van der Waals surface area (Å²) in [6.45, 7) is 3.60. The average molecular weight is 313 g/mol. The molecule has 0 radical (unpaired) electrons. The van der Waals surface area contributed by atoms with Gasteiger partial charge in [-0.3, -0.25) is 0 Å². The van der Waals surface area contributed by atoms with Gasteiger partial charge in [-0.1, -0.05) is 41.4 Å². The van der Waals surface area contributed by atoms with Gasteiger partial charge in [-0.25, -0.2) is 0 Å².